The molecule has 1 N–H and O–H groups in total. The first-order chi connectivity index (χ1) is 9.31. The SMILES string of the molecule is CCC(NCCC(=O)N1CCCC1)c1ccccc1. The molecule has 1 aromatic rings. The lowest BCUT2D eigenvalue weighted by atomic mass is 10.0. The quantitative estimate of drug-likeness (QED) is 0.853. The topological polar surface area (TPSA) is 32.3 Å². The van der Waals surface area contributed by atoms with E-state index < -0.39 is 0 Å². The van der Waals surface area contributed by atoms with Crippen LogP contribution in [0.15, 0.2) is 30.3 Å². The van der Waals surface area contributed by atoms with E-state index in [9.17, 15) is 4.79 Å². The van der Waals surface area contributed by atoms with Crippen molar-refractivity contribution in [2.45, 2.75) is 38.6 Å². The van der Waals surface area contributed by atoms with Gasteiger partial charge in [-0.25, -0.2) is 0 Å². The van der Waals surface area contributed by atoms with E-state index in [0.29, 0.717) is 18.4 Å². The van der Waals surface area contributed by atoms with Crippen molar-refractivity contribution in [3.8, 4) is 0 Å². The van der Waals surface area contributed by atoms with Crippen molar-refractivity contribution in [1.82, 2.24) is 10.2 Å². The van der Waals surface area contributed by atoms with Crippen molar-refractivity contribution in [3.63, 3.8) is 0 Å². The molecule has 1 atom stereocenters. The standard InChI is InChI=1S/C16H24N2O/c1-2-15(14-8-4-3-5-9-14)17-11-10-16(19)18-12-6-7-13-18/h3-5,8-9,15,17H,2,6-7,10-13H2,1H3. The average molecular weight is 260 g/mol. The van der Waals surface area contributed by atoms with Gasteiger partial charge in [0.05, 0.1) is 0 Å². The predicted molar refractivity (Wildman–Crippen MR) is 77.9 cm³/mol. The molecule has 1 unspecified atom stereocenters. The molecule has 19 heavy (non-hydrogen) atoms. The first-order valence-corrected chi connectivity index (χ1v) is 7.37. The van der Waals surface area contributed by atoms with Crippen LogP contribution < -0.4 is 5.32 Å². The van der Waals surface area contributed by atoms with Crippen molar-refractivity contribution in [2.75, 3.05) is 19.6 Å². The molecule has 1 amide bonds. The molecule has 0 aromatic heterocycles. The summed E-state index contributed by atoms with van der Waals surface area (Å²) in [5.74, 6) is 0.299. The lowest BCUT2D eigenvalue weighted by Gasteiger charge is -2.19. The molecule has 1 saturated heterocycles. The van der Waals surface area contributed by atoms with Gasteiger partial charge in [0, 0.05) is 32.1 Å². The summed E-state index contributed by atoms with van der Waals surface area (Å²) in [6.07, 6.45) is 3.99. The summed E-state index contributed by atoms with van der Waals surface area (Å²) in [7, 11) is 0. The van der Waals surface area contributed by atoms with Gasteiger partial charge in [0.25, 0.3) is 0 Å². The molecule has 3 heteroatoms. The first-order valence-electron chi connectivity index (χ1n) is 7.37. The summed E-state index contributed by atoms with van der Waals surface area (Å²) >= 11 is 0. The largest absolute Gasteiger partial charge is 0.343 e. The van der Waals surface area contributed by atoms with Gasteiger partial charge in [0.15, 0.2) is 0 Å². The summed E-state index contributed by atoms with van der Waals surface area (Å²) in [6.45, 7) is 4.85. The van der Waals surface area contributed by atoms with Gasteiger partial charge in [-0.05, 0) is 24.8 Å². The van der Waals surface area contributed by atoms with Crippen LogP contribution in [0.4, 0.5) is 0 Å². The number of likely N-dealkylation sites (tertiary alicyclic amines) is 1. The van der Waals surface area contributed by atoms with E-state index >= 15 is 0 Å². The minimum atomic E-state index is 0.299. The molecule has 1 aliphatic heterocycles. The van der Waals surface area contributed by atoms with E-state index in [0.717, 1.165) is 26.1 Å². The molecular formula is C16H24N2O. The fraction of sp³-hybridized carbons (Fsp3) is 0.562. The molecule has 104 valence electrons. The van der Waals surface area contributed by atoms with E-state index in [4.69, 9.17) is 0 Å². The monoisotopic (exact) mass is 260 g/mol. The molecule has 2 rings (SSSR count). The number of hydrogen-bond acceptors (Lipinski definition) is 2. The van der Waals surface area contributed by atoms with Gasteiger partial charge in [-0.15, -0.1) is 0 Å². The molecule has 0 saturated carbocycles. The number of nitrogens with one attached hydrogen (secondary N) is 1. The number of rotatable bonds is 6. The van der Waals surface area contributed by atoms with Gasteiger partial charge in [0.2, 0.25) is 5.91 Å². The Hall–Kier alpha value is -1.35. The van der Waals surface area contributed by atoms with Gasteiger partial charge in [-0.2, -0.15) is 0 Å². The minimum absolute atomic E-state index is 0.299. The summed E-state index contributed by atoms with van der Waals surface area (Å²) in [4.78, 5) is 13.9. The number of hydrogen-bond donors (Lipinski definition) is 1. The van der Waals surface area contributed by atoms with Crippen LogP contribution in [0, 0.1) is 0 Å². The average Bonchev–Trinajstić information content (AvgIpc) is 2.98. The van der Waals surface area contributed by atoms with E-state index in [2.05, 4.69) is 36.5 Å². The highest BCUT2D eigenvalue weighted by atomic mass is 16.2. The summed E-state index contributed by atoms with van der Waals surface area (Å²) in [5.41, 5.74) is 1.30. The van der Waals surface area contributed by atoms with E-state index in [1.165, 1.54) is 18.4 Å². The normalized spacial score (nSPS) is 16.6. The summed E-state index contributed by atoms with van der Waals surface area (Å²) < 4.78 is 0. The van der Waals surface area contributed by atoms with Gasteiger partial charge in [-0.3, -0.25) is 4.79 Å². The first kappa shape index (κ1) is 14.1. The van der Waals surface area contributed by atoms with Crippen LogP contribution in [0.3, 0.4) is 0 Å². The van der Waals surface area contributed by atoms with Crippen LogP contribution in [0.1, 0.15) is 44.2 Å². The maximum absolute atomic E-state index is 11.9. The van der Waals surface area contributed by atoms with Crippen LogP contribution >= 0.6 is 0 Å². The fourth-order valence-corrected chi connectivity index (χ4v) is 2.66. The maximum Gasteiger partial charge on any atom is 0.223 e. The molecule has 1 aromatic carbocycles. The fourth-order valence-electron chi connectivity index (χ4n) is 2.66. The predicted octanol–water partition coefficient (Wildman–Crippen LogP) is 2.74. The molecule has 0 radical (unpaired) electrons. The Morgan fingerprint density at radius 3 is 2.58 bits per heavy atom. The van der Waals surface area contributed by atoms with E-state index in [1.807, 2.05) is 11.0 Å². The lowest BCUT2D eigenvalue weighted by molar-refractivity contribution is -0.130. The second kappa shape index (κ2) is 7.29. The third kappa shape index (κ3) is 4.06. The lowest BCUT2D eigenvalue weighted by Crippen LogP contribution is -2.31. The van der Waals surface area contributed by atoms with Crippen molar-refractivity contribution in [1.29, 1.82) is 0 Å². The van der Waals surface area contributed by atoms with Crippen molar-refractivity contribution in [3.05, 3.63) is 35.9 Å². The molecule has 1 heterocycles. The number of carbonyl (C=O) groups is 1. The Balaban J connectivity index is 1.76. The Bertz CT molecular complexity index is 385. The second-order valence-electron chi connectivity index (χ2n) is 5.16. The molecule has 0 aliphatic carbocycles. The molecule has 0 bridgehead atoms. The minimum Gasteiger partial charge on any atom is -0.343 e. The van der Waals surface area contributed by atoms with Crippen molar-refractivity contribution < 1.29 is 4.79 Å². The molecule has 0 spiro atoms. The van der Waals surface area contributed by atoms with Gasteiger partial charge >= 0.3 is 0 Å². The van der Waals surface area contributed by atoms with E-state index in [1.54, 1.807) is 0 Å². The third-order valence-corrected chi connectivity index (χ3v) is 3.80. The zero-order valence-electron chi connectivity index (χ0n) is 11.8. The highest BCUT2D eigenvalue weighted by Crippen LogP contribution is 2.16. The van der Waals surface area contributed by atoms with E-state index in [-0.39, 0.29) is 0 Å². The number of amides is 1. The summed E-state index contributed by atoms with van der Waals surface area (Å²) in [5, 5.41) is 3.49. The van der Waals surface area contributed by atoms with Crippen LogP contribution in [0.5, 0.6) is 0 Å². The van der Waals surface area contributed by atoms with Crippen LogP contribution in [-0.4, -0.2) is 30.4 Å². The molecule has 1 fully saturated rings. The van der Waals surface area contributed by atoms with Crippen molar-refractivity contribution in [2.24, 2.45) is 0 Å². The van der Waals surface area contributed by atoms with Gasteiger partial charge in [0.1, 0.15) is 0 Å². The zero-order chi connectivity index (χ0) is 13.5. The van der Waals surface area contributed by atoms with Gasteiger partial charge in [-0.1, -0.05) is 37.3 Å². The zero-order valence-corrected chi connectivity index (χ0v) is 11.8. The highest BCUT2D eigenvalue weighted by molar-refractivity contribution is 5.76. The Morgan fingerprint density at radius 2 is 1.95 bits per heavy atom. The third-order valence-electron chi connectivity index (χ3n) is 3.80. The smallest absolute Gasteiger partial charge is 0.223 e. The number of carbonyl (C=O) groups excluding carboxylic acids is 1. The highest BCUT2D eigenvalue weighted by Gasteiger charge is 2.17. The number of nitrogens with zero attached hydrogens (tertiary/aromatic N) is 1. The van der Waals surface area contributed by atoms with Crippen molar-refractivity contribution >= 4 is 5.91 Å². The van der Waals surface area contributed by atoms with Crippen LogP contribution in [0.25, 0.3) is 0 Å². The Kier molecular flexibility index (Phi) is 5.40. The molecule has 3 nitrogen and oxygen atoms in total. The molecule has 1 aliphatic rings. The maximum atomic E-state index is 11.9. The Morgan fingerprint density at radius 1 is 1.26 bits per heavy atom. The molecular weight excluding hydrogens is 236 g/mol. The van der Waals surface area contributed by atoms with Gasteiger partial charge < -0.3 is 10.2 Å². The number of benzene rings is 1. The van der Waals surface area contributed by atoms with Crippen LogP contribution in [-0.2, 0) is 4.79 Å². The summed E-state index contributed by atoms with van der Waals surface area (Å²) in [6, 6.07) is 10.8. The second-order valence-corrected chi connectivity index (χ2v) is 5.16. The Labute approximate surface area is 116 Å². The van der Waals surface area contributed by atoms with Crippen LogP contribution in [0.2, 0.25) is 0 Å².